The molecule has 0 radical (unpaired) electrons. The second-order valence-corrected chi connectivity index (χ2v) is 6.49. The van der Waals surface area contributed by atoms with E-state index < -0.39 is 17.0 Å². The zero-order chi connectivity index (χ0) is 17.4. The summed E-state index contributed by atoms with van der Waals surface area (Å²) in [6, 6.07) is 4.30. The number of hydrogen-bond acceptors (Lipinski definition) is 4. The van der Waals surface area contributed by atoms with Gasteiger partial charge in [0, 0.05) is 12.0 Å². The summed E-state index contributed by atoms with van der Waals surface area (Å²) in [6.45, 7) is 0.357. The Labute approximate surface area is 141 Å². The van der Waals surface area contributed by atoms with Gasteiger partial charge in [0.1, 0.15) is 5.39 Å². The number of benzene rings is 1. The molecule has 8 heteroatoms. The molecule has 130 valence electrons. The molecule has 1 aliphatic rings. The van der Waals surface area contributed by atoms with Gasteiger partial charge in [0.15, 0.2) is 17.3 Å². The Morgan fingerprint density at radius 2 is 2.04 bits per heavy atom. The van der Waals surface area contributed by atoms with Crippen LogP contribution in [0, 0.1) is 11.6 Å². The number of rotatable bonds is 4. The van der Waals surface area contributed by atoms with E-state index in [1.807, 2.05) is 0 Å². The monoisotopic (exact) mass is 345 g/mol. The quantitative estimate of drug-likeness (QED) is 0.679. The van der Waals surface area contributed by atoms with Crippen LogP contribution in [0.3, 0.4) is 0 Å². The molecule has 4 rings (SSSR count). The van der Waals surface area contributed by atoms with Crippen LogP contribution in [0.5, 0.6) is 0 Å². The summed E-state index contributed by atoms with van der Waals surface area (Å²) in [6.07, 6.45) is 4.79. The molecule has 2 heterocycles. The molecule has 0 aliphatic heterocycles. The number of hydrogen-bond donors (Lipinski definition) is 3. The van der Waals surface area contributed by atoms with Gasteiger partial charge in [0.2, 0.25) is 5.95 Å². The van der Waals surface area contributed by atoms with Gasteiger partial charge in [-0.1, -0.05) is 25.0 Å². The molecule has 25 heavy (non-hydrogen) atoms. The second-order valence-electron chi connectivity index (χ2n) is 6.49. The zero-order valence-electron chi connectivity index (χ0n) is 13.4. The minimum Gasteiger partial charge on any atom is -0.355 e. The molecular weight excluding hydrogens is 328 g/mol. The van der Waals surface area contributed by atoms with E-state index in [9.17, 15) is 13.6 Å². The number of aromatic nitrogens is 4. The Hall–Kier alpha value is -2.77. The number of fused-ring (bicyclic) bond motifs is 1. The minimum absolute atomic E-state index is 0.282. The maximum Gasteiger partial charge on any atom is 0.263 e. The summed E-state index contributed by atoms with van der Waals surface area (Å²) in [4.78, 5) is 18.9. The lowest BCUT2D eigenvalue weighted by Crippen LogP contribution is -2.33. The Morgan fingerprint density at radius 1 is 1.24 bits per heavy atom. The van der Waals surface area contributed by atoms with Crippen LogP contribution in [0.25, 0.3) is 11.0 Å². The third kappa shape index (κ3) is 2.67. The van der Waals surface area contributed by atoms with Crippen molar-refractivity contribution in [3.05, 3.63) is 51.9 Å². The van der Waals surface area contributed by atoms with Crippen LogP contribution in [0.1, 0.15) is 31.2 Å². The normalized spacial score (nSPS) is 16.4. The highest BCUT2D eigenvalue weighted by atomic mass is 19.2. The molecule has 2 aromatic heterocycles. The largest absolute Gasteiger partial charge is 0.355 e. The van der Waals surface area contributed by atoms with Gasteiger partial charge in [-0.05, 0) is 24.5 Å². The number of aromatic amines is 2. The van der Waals surface area contributed by atoms with Crippen molar-refractivity contribution in [1.82, 2.24) is 20.2 Å². The average molecular weight is 345 g/mol. The first kappa shape index (κ1) is 15.7. The van der Waals surface area contributed by atoms with Crippen molar-refractivity contribution in [2.45, 2.75) is 31.1 Å². The van der Waals surface area contributed by atoms with Gasteiger partial charge in [-0.25, -0.2) is 8.78 Å². The minimum atomic E-state index is -0.839. The predicted octanol–water partition coefficient (Wildman–Crippen LogP) is 2.85. The van der Waals surface area contributed by atoms with E-state index in [1.165, 1.54) is 12.3 Å². The molecule has 0 atom stereocenters. The van der Waals surface area contributed by atoms with Crippen LogP contribution >= 0.6 is 0 Å². The number of nitrogens with one attached hydrogen (secondary N) is 3. The summed E-state index contributed by atoms with van der Waals surface area (Å²) in [7, 11) is 0. The lowest BCUT2D eigenvalue weighted by Gasteiger charge is -2.30. The van der Waals surface area contributed by atoms with E-state index >= 15 is 0 Å². The van der Waals surface area contributed by atoms with E-state index in [2.05, 4.69) is 25.5 Å². The van der Waals surface area contributed by atoms with Crippen molar-refractivity contribution in [3.63, 3.8) is 0 Å². The Balaban J connectivity index is 1.66. The fourth-order valence-corrected chi connectivity index (χ4v) is 3.69. The third-order valence-corrected chi connectivity index (χ3v) is 5.00. The molecule has 0 saturated heterocycles. The highest BCUT2D eigenvalue weighted by molar-refractivity contribution is 5.73. The fraction of sp³-hybridized carbons (Fsp3) is 0.353. The van der Waals surface area contributed by atoms with E-state index in [0.717, 1.165) is 31.7 Å². The smallest absolute Gasteiger partial charge is 0.263 e. The molecule has 3 N–H and O–H groups in total. The molecule has 1 aromatic carbocycles. The number of H-pyrrole nitrogens is 2. The van der Waals surface area contributed by atoms with Gasteiger partial charge in [-0.3, -0.25) is 14.9 Å². The maximum absolute atomic E-state index is 14.4. The SMILES string of the molecule is O=c1[nH]c(NCC2(c3cccc(F)c3F)CCCC2)nc2[nH]ncc12. The molecule has 1 aliphatic carbocycles. The zero-order valence-corrected chi connectivity index (χ0v) is 13.4. The molecule has 6 nitrogen and oxygen atoms in total. The van der Waals surface area contributed by atoms with Gasteiger partial charge >= 0.3 is 0 Å². The number of nitrogens with zero attached hydrogens (tertiary/aromatic N) is 2. The lowest BCUT2D eigenvalue weighted by atomic mass is 9.78. The highest BCUT2D eigenvalue weighted by Crippen LogP contribution is 2.42. The molecule has 0 unspecified atom stereocenters. The van der Waals surface area contributed by atoms with Crippen LogP contribution in [-0.4, -0.2) is 26.7 Å². The van der Waals surface area contributed by atoms with Crippen molar-refractivity contribution >= 4 is 17.0 Å². The van der Waals surface area contributed by atoms with Crippen LogP contribution < -0.4 is 10.9 Å². The van der Waals surface area contributed by atoms with Crippen molar-refractivity contribution < 1.29 is 8.78 Å². The topological polar surface area (TPSA) is 86.5 Å². The van der Waals surface area contributed by atoms with Crippen LogP contribution in [-0.2, 0) is 5.41 Å². The number of anilines is 1. The van der Waals surface area contributed by atoms with Crippen LogP contribution in [0.15, 0.2) is 29.2 Å². The molecule has 1 fully saturated rings. The van der Waals surface area contributed by atoms with Gasteiger partial charge in [-0.15, -0.1) is 0 Å². The van der Waals surface area contributed by atoms with Gasteiger partial charge < -0.3 is 5.32 Å². The first-order valence-corrected chi connectivity index (χ1v) is 8.21. The van der Waals surface area contributed by atoms with Crippen LogP contribution in [0.2, 0.25) is 0 Å². The van der Waals surface area contributed by atoms with Gasteiger partial charge in [0.05, 0.1) is 6.20 Å². The van der Waals surface area contributed by atoms with E-state index in [-0.39, 0.29) is 11.5 Å². The van der Waals surface area contributed by atoms with Gasteiger partial charge in [0.25, 0.3) is 5.56 Å². The molecule has 0 amide bonds. The second kappa shape index (κ2) is 5.94. The summed E-state index contributed by atoms with van der Waals surface area (Å²) in [5.74, 6) is -1.35. The third-order valence-electron chi connectivity index (χ3n) is 5.00. The summed E-state index contributed by atoms with van der Waals surface area (Å²) in [5, 5.41) is 9.92. The van der Waals surface area contributed by atoms with Crippen molar-refractivity contribution in [1.29, 1.82) is 0 Å². The van der Waals surface area contributed by atoms with E-state index in [1.54, 1.807) is 6.07 Å². The molecule has 1 saturated carbocycles. The van der Waals surface area contributed by atoms with Crippen molar-refractivity contribution in [3.8, 4) is 0 Å². The summed E-state index contributed by atoms with van der Waals surface area (Å²) < 4.78 is 28.1. The van der Waals surface area contributed by atoms with E-state index in [0.29, 0.717) is 23.1 Å². The van der Waals surface area contributed by atoms with Gasteiger partial charge in [-0.2, -0.15) is 10.1 Å². The molecule has 0 spiro atoms. The maximum atomic E-state index is 14.4. The lowest BCUT2D eigenvalue weighted by molar-refractivity contribution is 0.416. The Morgan fingerprint density at radius 3 is 2.84 bits per heavy atom. The summed E-state index contributed by atoms with van der Waals surface area (Å²) in [5.41, 5.74) is -0.0713. The standard InChI is InChI=1S/C17H17F2N5O/c18-12-5-3-4-11(13(12)19)17(6-1-2-7-17)9-20-16-22-14-10(8-21-24-14)15(25)23-16/h3-5,8H,1-2,6-7,9H2,(H3,20,21,22,23,24,25). The van der Waals surface area contributed by atoms with Crippen molar-refractivity contribution in [2.24, 2.45) is 0 Å². The predicted molar refractivity (Wildman–Crippen MR) is 89.5 cm³/mol. The Bertz CT molecular complexity index is 975. The fourth-order valence-electron chi connectivity index (χ4n) is 3.69. The summed E-state index contributed by atoms with van der Waals surface area (Å²) >= 11 is 0. The first-order chi connectivity index (χ1) is 12.1. The average Bonchev–Trinajstić information content (AvgIpc) is 3.25. The highest BCUT2D eigenvalue weighted by Gasteiger charge is 2.38. The Kier molecular flexibility index (Phi) is 3.74. The molecular formula is C17H17F2N5O. The molecule has 3 aromatic rings. The number of halogens is 2. The van der Waals surface area contributed by atoms with Crippen molar-refractivity contribution in [2.75, 3.05) is 11.9 Å². The van der Waals surface area contributed by atoms with Crippen LogP contribution in [0.4, 0.5) is 14.7 Å². The van der Waals surface area contributed by atoms with E-state index in [4.69, 9.17) is 0 Å². The molecule has 0 bridgehead atoms. The first-order valence-electron chi connectivity index (χ1n) is 8.21.